The van der Waals surface area contributed by atoms with E-state index in [1.54, 1.807) is 26.0 Å². The summed E-state index contributed by atoms with van der Waals surface area (Å²) in [7, 11) is 0. The third-order valence-electron chi connectivity index (χ3n) is 2.05. The minimum atomic E-state index is -4.41. The zero-order chi connectivity index (χ0) is 13.6. The molecule has 0 amide bonds. The van der Waals surface area contributed by atoms with E-state index < -0.39 is 11.7 Å². The van der Waals surface area contributed by atoms with E-state index in [4.69, 9.17) is 4.74 Å². The maximum Gasteiger partial charge on any atom is 0.416 e. The monoisotopic (exact) mass is 260 g/mol. The van der Waals surface area contributed by atoms with Gasteiger partial charge >= 0.3 is 6.18 Å². The van der Waals surface area contributed by atoms with E-state index in [0.29, 0.717) is 6.54 Å². The largest absolute Gasteiger partial charge is 0.473 e. The molecule has 0 unspecified atom stereocenters. The highest BCUT2D eigenvalue weighted by molar-refractivity contribution is 5.42. The van der Waals surface area contributed by atoms with Gasteiger partial charge in [0.2, 0.25) is 5.88 Å². The Hall–Kier alpha value is -1.72. The summed E-state index contributed by atoms with van der Waals surface area (Å²) in [5, 5.41) is 2.74. The average molecular weight is 260 g/mol. The highest BCUT2D eigenvalue weighted by atomic mass is 19.4. The average Bonchev–Trinajstić information content (AvgIpc) is 2.28. The molecule has 0 saturated carbocycles. The molecular weight excluding hydrogens is 245 g/mol. The van der Waals surface area contributed by atoms with E-state index in [1.807, 2.05) is 0 Å². The minimum Gasteiger partial charge on any atom is -0.473 e. The number of hydrogen-bond donors (Lipinski definition) is 1. The van der Waals surface area contributed by atoms with Crippen LogP contribution in [0.3, 0.4) is 0 Å². The number of rotatable bonds is 5. The second kappa shape index (κ2) is 6.28. The number of anilines is 1. The Balaban J connectivity index is 2.98. The summed E-state index contributed by atoms with van der Waals surface area (Å²) in [6, 6.07) is 1.86. The summed E-state index contributed by atoms with van der Waals surface area (Å²) in [5.41, 5.74) is -0.774. The number of hydrogen-bond acceptors (Lipinski definition) is 3. The van der Waals surface area contributed by atoms with Crippen LogP contribution in [0.5, 0.6) is 5.88 Å². The van der Waals surface area contributed by atoms with E-state index in [2.05, 4.69) is 10.3 Å². The number of aromatic nitrogens is 1. The van der Waals surface area contributed by atoms with Gasteiger partial charge in [0.25, 0.3) is 0 Å². The zero-order valence-electron chi connectivity index (χ0n) is 10.2. The molecule has 0 aliphatic rings. The van der Waals surface area contributed by atoms with Crippen LogP contribution in [0.1, 0.15) is 19.4 Å². The number of ether oxygens (including phenoxy) is 1. The molecule has 0 aliphatic heterocycles. The van der Waals surface area contributed by atoms with Crippen LogP contribution >= 0.6 is 0 Å². The highest BCUT2D eigenvalue weighted by Gasteiger charge is 2.31. The fourth-order valence-corrected chi connectivity index (χ4v) is 1.24. The van der Waals surface area contributed by atoms with E-state index in [9.17, 15) is 13.2 Å². The Morgan fingerprint density at radius 3 is 2.67 bits per heavy atom. The molecule has 1 aromatic rings. The van der Waals surface area contributed by atoms with Crippen molar-refractivity contribution in [3.8, 4) is 5.88 Å². The van der Waals surface area contributed by atoms with Gasteiger partial charge in [-0.3, -0.25) is 0 Å². The van der Waals surface area contributed by atoms with Gasteiger partial charge in [-0.2, -0.15) is 18.2 Å². The van der Waals surface area contributed by atoms with Crippen LogP contribution in [0.4, 0.5) is 19.0 Å². The molecule has 1 rings (SSSR count). The smallest absolute Gasteiger partial charge is 0.416 e. The number of allylic oxidation sites excluding steroid dienone is 1. The lowest BCUT2D eigenvalue weighted by atomic mass is 10.2. The van der Waals surface area contributed by atoms with Crippen LogP contribution in [0.25, 0.3) is 0 Å². The highest BCUT2D eigenvalue weighted by Crippen LogP contribution is 2.32. The molecule has 100 valence electrons. The fourth-order valence-electron chi connectivity index (χ4n) is 1.24. The van der Waals surface area contributed by atoms with Crippen LogP contribution < -0.4 is 10.1 Å². The normalized spacial score (nSPS) is 11.8. The van der Waals surface area contributed by atoms with Gasteiger partial charge in [-0.25, -0.2) is 0 Å². The molecule has 1 aromatic heterocycles. The molecule has 0 fully saturated rings. The Morgan fingerprint density at radius 2 is 2.11 bits per heavy atom. The summed E-state index contributed by atoms with van der Waals surface area (Å²) < 4.78 is 43.1. The molecular formula is C12H15F3N2O. The maximum absolute atomic E-state index is 12.7. The van der Waals surface area contributed by atoms with Gasteiger partial charge in [-0.1, -0.05) is 12.2 Å². The first-order valence-electron chi connectivity index (χ1n) is 5.54. The third kappa shape index (κ3) is 4.27. The lowest BCUT2D eigenvalue weighted by Gasteiger charge is -2.12. The first-order valence-corrected chi connectivity index (χ1v) is 5.54. The number of pyridine rings is 1. The van der Waals surface area contributed by atoms with Crippen molar-refractivity contribution in [2.45, 2.75) is 20.0 Å². The second-order valence-electron chi connectivity index (χ2n) is 3.49. The van der Waals surface area contributed by atoms with Crippen LogP contribution in [0, 0.1) is 0 Å². The van der Waals surface area contributed by atoms with Gasteiger partial charge in [-0.05, 0) is 19.9 Å². The first kappa shape index (κ1) is 14.3. The van der Waals surface area contributed by atoms with Crippen molar-refractivity contribution in [1.82, 2.24) is 4.98 Å². The molecule has 0 atom stereocenters. The van der Waals surface area contributed by atoms with Crippen LogP contribution in [0.15, 0.2) is 24.3 Å². The standard InChI is InChI=1S/C12H15F3N2O/c1-3-5-6-18-11-8-9(12(13,14)15)7-10(17-11)16-4-2/h3,5,7-8H,4,6H2,1-2H3,(H,16,17)/b5-3+. The maximum atomic E-state index is 12.7. The van der Waals surface area contributed by atoms with Gasteiger partial charge in [-0.15, -0.1) is 0 Å². The molecule has 6 heteroatoms. The lowest BCUT2D eigenvalue weighted by Crippen LogP contribution is -2.09. The molecule has 0 aliphatic carbocycles. The molecule has 18 heavy (non-hydrogen) atoms. The molecule has 1 heterocycles. The van der Waals surface area contributed by atoms with Gasteiger partial charge in [0.1, 0.15) is 12.4 Å². The van der Waals surface area contributed by atoms with Crippen molar-refractivity contribution in [2.24, 2.45) is 0 Å². The molecule has 0 bridgehead atoms. The van der Waals surface area contributed by atoms with Crippen molar-refractivity contribution in [2.75, 3.05) is 18.5 Å². The Kier molecular flexibility index (Phi) is 5.00. The quantitative estimate of drug-likeness (QED) is 0.823. The summed E-state index contributed by atoms with van der Waals surface area (Å²) in [5.74, 6) is 0.113. The summed E-state index contributed by atoms with van der Waals surface area (Å²) in [6.45, 7) is 4.26. The molecule has 0 spiro atoms. The van der Waals surface area contributed by atoms with Gasteiger partial charge in [0, 0.05) is 12.6 Å². The van der Waals surface area contributed by atoms with Crippen LogP contribution in [-0.2, 0) is 6.18 Å². The molecule has 1 N–H and O–H groups in total. The van der Waals surface area contributed by atoms with Crippen molar-refractivity contribution < 1.29 is 17.9 Å². The van der Waals surface area contributed by atoms with Gasteiger partial charge in [0.05, 0.1) is 5.56 Å². The summed E-state index contributed by atoms with van der Waals surface area (Å²) >= 11 is 0. The number of nitrogens with zero attached hydrogens (tertiary/aromatic N) is 1. The Labute approximate surface area is 104 Å². The fraction of sp³-hybridized carbons (Fsp3) is 0.417. The van der Waals surface area contributed by atoms with Crippen molar-refractivity contribution in [3.63, 3.8) is 0 Å². The third-order valence-corrected chi connectivity index (χ3v) is 2.05. The predicted octanol–water partition coefficient (Wildman–Crippen LogP) is 3.49. The van der Waals surface area contributed by atoms with Crippen molar-refractivity contribution in [3.05, 3.63) is 29.8 Å². The Morgan fingerprint density at radius 1 is 1.39 bits per heavy atom. The zero-order valence-corrected chi connectivity index (χ0v) is 10.2. The van der Waals surface area contributed by atoms with Gasteiger partial charge in [0.15, 0.2) is 0 Å². The molecule has 0 aromatic carbocycles. The summed E-state index contributed by atoms with van der Waals surface area (Å²) in [6.07, 6.45) is -0.973. The number of alkyl halides is 3. The lowest BCUT2D eigenvalue weighted by molar-refractivity contribution is -0.137. The molecule has 0 saturated heterocycles. The van der Waals surface area contributed by atoms with E-state index >= 15 is 0 Å². The molecule has 3 nitrogen and oxygen atoms in total. The van der Waals surface area contributed by atoms with Gasteiger partial charge < -0.3 is 10.1 Å². The number of nitrogens with one attached hydrogen (secondary N) is 1. The Bertz CT molecular complexity index is 416. The minimum absolute atomic E-state index is 0.0427. The van der Waals surface area contributed by atoms with Crippen molar-refractivity contribution in [1.29, 1.82) is 0 Å². The second-order valence-corrected chi connectivity index (χ2v) is 3.49. The number of halogens is 3. The summed E-state index contributed by atoms with van der Waals surface area (Å²) in [4.78, 5) is 3.94. The van der Waals surface area contributed by atoms with Crippen molar-refractivity contribution >= 4 is 5.82 Å². The van der Waals surface area contributed by atoms with Crippen LogP contribution in [0.2, 0.25) is 0 Å². The first-order chi connectivity index (χ1) is 8.47. The predicted molar refractivity (Wildman–Crippen MR) is 63.7 cm³/mol. The van der Waals surface area contributed by atoms with E-state index in [1.165, 1.54) is 0 Å². The topological polar surface area (TPSA) is 34.1 Å². The van der Waals surface area contributed by atoms with E-state index in [-0.39, 0.29) is 18.3 Å². The SMILES string of the molecule is C/C=C/COc1cc(C(F)(F)F)cc(NCC)n1. The van der Waals surface area contributed by atoms with E-state index in [0.717, 1.165) is 12.1 Å². The van der Waals surface area contributed by atoms with Crippen LogP contribution in [-0.4, -0.2) is 18.1 Å². The molecule has 0 radical (unpaired) electrons.